The van der Waals surface area contributed by atoms with Crippen molar-refractivity contribution in [3.05, 3.63) is 74.6 Å². The highest BCUT2D eigenvalue weighted by Gasteiger charge is 2.12. The monoisotopic (exact) mass is 418 g/mol. The molecule has 0 aliphatic rings. The Balaban J connectivity index is 1.74. The van der Waals surface area contributed by atoms with Crippen LogP contribution in [-0.4, -0.2) is 10.9 Å². The van der Waals surface area contributed by atoms with Gasteiger partial charge in [0, 0.05) is 26.2 Å². The molecule has 0 aliphatic carbocycles. The van der Waals surface area contributed by atoms with Crippen molar-refractivity contribution in [3.63, 3.8) is 0 Å². The molecule has 122 valence electrons. The van der Waals surface area contributed by atoms with Crippen LogP contribution in [0.25, 0.3) is 0 Å². The first-order valence-electron chi connectivity index (χ1n) is 7.31. The van der Waals surface area contributed by atoms with Crippen LogP contribution in [-0.2, 0) is 5.75 Å². The van der Waals surface area contributed by atoms with Crippen molar-refractivity contribution in [1.82, 2.24) is 4.98 Å². The van der Waals surface area contributed by atoms with Gasteiger partial charge in [-0.3, -0.25) is 4.79 Å². The number of nitrogens with zero attached hydrogens (tertiary/aromatic N) is 1. The molecular weight excluding hydrogens is 404 g/mol. The Hall–Kier alpha value is -1.63. The van der Waals surface area contributed by atoms with Crippen molar-refractivity contribution in [1.29, 1.82) is 0 Å². The maximum Gasteiger partial charge on any atom is 0.256 e. The van der Waals surface area contributed by atoms with Crippen LogP contribution in [0.3, 0.4) is 0 Å². The fourth-order valence-electron chi connectivity index (χ4n) is 2.17. The summed E-state index contributed by atoms with van der Waals surface area (Å²) in [4.78, 5) is 18.0. The number of thioether (sulfide) groups is 1. The zero-order chi connectivity index (χ0) is 16.9. The average Bonchev–Trinajstić information content (AvgIpc) is 2.99. The lowest BCUT2D eigenvalue weighted by molar-refractivity contribution is 0.102. The lowest BCUT2D eigenvalue weighted by Crippen LogP contribution is -2.12. The molecule has 3 nitrogen and oxygen atoms in total. The Bertz CT molecular complexity index is 863. The zero-order valence-corrected chi connectivity index (χ0v) is 16.2. The molecule has 6 heteroatoms. The molecule has 0 radical (unpaired) electrons. The van der Waals surface area contributed by atoms with Gasteiger partial charge in [-0.25, -0.2) is 4.98 Å². The summed E-state index contributed by atoms with van der Waals surface area (Å²) < 4.78 is 0.932. The predicted molar refractivity (Wildman–Crippen MR) is 105 cm³/mol. The van der Waals surface area contributed by atoms with E-state index >= 15 is 0 Å². The van der Waals surface area contributed by atoms with E-state index in [-0.39, 0.29) is 5.91 Å². The van der Waals surface area contributed by atoms with Gasteiger partial charge in [-0.1, -0.05) is 34.1 Å². The minimum Gasteiger partial charge on any atom is -0.322 e. The third kappa shape index (κ3) is 4.47. The highest BCUT2D eigenvalue weighted by Crippen LogP contribution is 2.27. The predicted octanol–water partition coefficient (Wildman–Crippen LogP) is 5.76. The average molecular weight is 419 g/mol. The molecule has 0 unspecified atom stereocenters. The first kappa shape index (κ1) is 17.2. The lowest BCUT2D eigenvalue weighted by atomic mass is 10.2. The van der Waals surface area contributed by atoms with Gasteiger partial charge < -0.3 is 5.32 Å². The molecule has 0 fully saturated rings. The molecule has 1 amide bonds. The summed E-state index contributed by atoms with van der Waals surface area (Å²) in [5.74, 6) is 0.650. The number of anilines is 1. The molecule has 24 heavy (non-hydrogen) atoms. The van der Waals surface area contributed by atoms with Crippen LogP contribution in [0.15, 0.2) is 63.3 Å². The molecule has 0 spiro atoms. The summed E-state index contributed by atoms with van der Waals surface area (Å²) in [6.45, 7) is 2.00. The van der Waals surface area contributed by atoms with Crippen molar-refractivity contribution < 1.29 is 4.79 Å². The first-order chi connectivity index (χ1) is 11.6. The second-order valence-electron chi connectivity index (χ2n) is 5.11. The molecule has 0 bridgehead atoms. The number of hydrogen-bond donors (Lipinski definition) is 1. The van der Waals surface area contributed by atoms with Crippen molar-refractivity contribution in [3.8, 4) is 0 Å². The number of carbonyl (C=O) groups is 1. The van der Waals surface area contributed by atoms with Crippen LogP contribution in [0, 0.1) is 6.92 Å². The van der Waals surface area contributed by atoms with E-state index in [2.05, 4.69) is 31.6 Å². The van der Waals surface area contributed by atoms with Gasteiger partial charge >= 0.3 is 0 Å². The van der Waals surface area contributed by atoms with E-state index < -0.39 is 0 Å². The van der Waals surface area contributed by atoms with Gasteiger partial charge in [0.2, 0.25) is 0 Å². The number of carbonyl (C=O) groups excluding carboxylic acids is 1. The van der Waals surface area contributed by atoms with E-state index in [1.807, 2.05) is 55.5 Å². The number of halogens is 1. The molecular formula is C18H15BrN2OS2. The molecule has 3 aromatic rings. The summed E-state index contributed by atoms with van der Waals surface area (Å²) in [5.41, 5.74) is 2.49. The van der Waals surface area contributed by atoms with Crippen LogP contribution < -0.4 is 5.32 Å². The van der Waals surface area contributed by atoms with Gasteiger partial charge in [0.1, 0.15) is 0 Å². The third-order valence-electron chi connectivity index (χ3n) is 3.26. The molecule has 3 rings (SSSR count). The zero-order valence-electron chi connectivity index (χ0n) is 13.0. The summed E-state index contributed by atoms with van der Waals surface area (Å²) in [6, 6.07) is 15.2. The number of amides is 1. The smallest absolute Gasteiger partial charge is 0.256 e. The Kier molecular flexibility index (Phi) is 5.71. The number of rotatable bonds is 5. The number of thiazole rings is 1. The molecule has 2 aromatic carbocycles. The summed E-state index contributed by atoms with van der Waals surface area (Å²) >= 11 is 6.69. The molecule has 1 aromatic heterocycles. The maximum atomic E-state index is 12.6. The fraction of sp³-hybridized carbons (Fsp3) is 0.111. The highest BCUT2D eigenvalue weighted by molar-refractivity contribution is 9.10. The van der Waals surface area contributed by atoms with E-state index in [0.29, 0.717) is 5.56 Å². The number of benzene rings is 2. The van der Waals surface area contributed by atoms with Gasteiger partial charge in [0.15, 0.2) is 0 Å². The summed E-state index contributed by atoms with van der Waals surface area (Å²) in [6.07, 6.45) is 0. The van der Waals surface area contributed by atoms with Crippen LogP contribution in [0.1, 0.15) is 21.1 Å². The number of aromatic nitrogens is 1. The number of hydrogen-bond acceptors (Lipinski definition) is 4. The first-order valence-corrected chi connectivity index (χ1v) is 9.97. The van der Waals surface area contributed by atoms with Crippen LogP contribution in [0.5, 0.6) is 0 Å². The Morgan fingerprint density at radius 2 is 2.08 bits per heavy atom. The minimum atomic E-state index is -0.106. The molecule has 0 saturated carbocycles. The van der Waals surface area contributed by atoms with Gasteiger partial charge in [-0.2, -0.15) is 0 Å². The number of nitrogens with one attached hydrogen (secondary N) is 1. The van der Waals surface area contributed by atoms with Gasteiger partial charge in [0.25, 0.3) is 5.91 Å². The SMILES string of the molecule is Cc1nc(CSc2ccccc2C(=O)Nc2cccc(Br)c2)cs1. The van der Waals surface area contributed by atoms with Crippen molar-refractivity contribution in [2.75, 3.05) is 5.32 Å². The van der Waals surface area contributed by atoms with Crippen LogP contribution in [0.2, 0.25) is 0 Å². The van der Waals surface area contributed by atoms with Crippen molar-refractivity contribution in [2.45, 2.75) is 17.6 Å². The molecule has 0 saturated heterocycles. The van der Waals surface area contributed by atoms with E-state index in [4.69, 9.17) is 0 Å². The van der Waals surface area contributed by atoms with Gasteiger partial charge in [-0.15, -0.1) is 23.1 Å². The second kappa shape index (κ2) is 7.96. The Morgan fingerprint density at radius 1 is 1.25 bits per heavy atom. The standard InChI is InChI=1S/C18H15BrN2OS2/c1-12-20-15(10-23-12)11-24-17-8-3-2-7-16(17)18(22)21-14-6-4-5-13(19)9-14/h2-10H,11H2,1H3,(H,21,22). The minimum absolute atomic E-state index is 0.106. The van der Waals surface area contributed by atoms with Gasteiger partial charge in [0.05, 0.1) is 16.3 Å². The van der Waals surface area contributed by atoms with Gasteiger partial charge in [-0.05, 0) is 37.3 Å². The van der Waals surface area contributed by atoms with Crippen molar-refractivity contribution in [2.24, 2.45) is 0 Å². The van der Waals surface area contributed by atoms with Crippen LogP contribution in [0.4, 0.5) is 5.69 Å². The number of aryl methyl sites for hydroxylation is 1. The molecule has 1 N–H and O–H groups in total. The molecule has 0 atom stereocenters. The molecule has 1 heterocycles. The lowest BCUT2D eigenvalue weighted by Gasteiger charge is -2.10. The summed E-state index contributed by atoms with van der Waals surface area (Å²) in [7, 11) is 0. The van der Waals surface area contributed by atoms with E-state index in [0.717, 1.165) is 31.5 Å². The van der Waals surface area contributed by atoms with Crippen molar-refractivity contribution >= 4 is 50.6 Å². The normalized spacial score (nSPS) is 10.6. The third-order valence-corrected chi connectivity index (χ3v) is 5.68. The topological polar surface area (TPSA) is 42.0 Å². The molecule has 0 aliphatic heterocycles. The summed E-state index contributed by atoms with van der Waals surface area (Å²) in [5, 5.41) is 6.07. The highest BCUT2D eigenvalue weighted by atomic mass is 79.9. The van der Waals surface area contributed by atoms with E-state index in [1.54, 1.807) is 23.1 Å². The largest absolute Gasteiger partial charge is 0.322 e. The fourth-order valence-corrected chi connectivity index (χ4v) is 4.23. The quantitative estimate of drug-likeness (QED) is 0.535. The second-order valence-corrected chi connectivity index (χ2v) is 8.10. The van der Waals surface area contributed by atoms with E-state index in [1.165, 1.54) is 0 Å². The maximum absolute atomic E-state index is 12.6. The Morgan fingerprint density at radius 3 is 2.83 bits per heavy atom. The Labute approximate surface area is 157 Å². The van der Waals surface area contributed by atoms with Crippen LogP contribution >= 0.6 is 39.0 Å². The van der Waals surface area contributed by atoms with E-state index in [9.17, 15) is 4.79 Å².